The molecule has 0 bridgehead atoms. The molecule has 2 amide bonds. The highest BCUT2D eigenvalue weighted by Crippen LogP contribution is 2.23. The number of benzene rings is 1. The Morgan fingerprint density at radius 2 is 1.64 bits per heavy atom. The molecule has 0 aromatic heterocycles. The quantitative estimate of drug-likeness (QED) is 0.910. The average Bonchev–Trinajstić information content (AvgIpc) is 3.20. The number of nitrogens with two attached hydrogens (primary N) is 1. The maximum atomic E-state index is 12.3. The fraction of sp³-hybridized carbons (Fsp3) is 0.529. The average molecular weight is 301 g/mol. The maximum Gasteiger partial charge on any atom is 0.239 e. The van der Waals surface area contributed by atoms with Gasteiger partial charge in [-0.2, -0.15) is 0 Å². The van der Waals surface area contributed by atoms with Crippen molar-refractivity contribution in [3.05, 3.63) is 35.4 Å². The fourth-order valence-corrected chi connectivity index (χ4v) is 3.24. The van der Waals surface area contributed by atoms with E-state index in [0.29, 0.717) is 25.9 Å². The Hall–Kier alpha value is -1.88. The monoisotopic (exact) mass is 301 g/mol. The molecule has 0 unspecified atom stereocenters. The second-order valence-corrected chi connectivity index (χ2v) is 6.20. The Morgan fingerprint density at radius 3 is 2.23 bits per heavy atom. The van der Waals surface area contributed by atoms with Gasteiger partial charge in [0.05, 0.1) is 6.04 Å². The van der Waals surface area contributed by atoms with Crippen molar-refractivity contribution in [3.8, 4) is 0 Å². The molecule has 5 heteroatoms. The number of carbonyl (C=O) groups is 2. The number of carbonyl (C=O) groups excluding carboxylic acids is 2. The summed E-state index contributed by atoms with van der Waals surface area (Å²) in [6.07, 6.45) is 2.89. The van der Waals surface area contributed by atoms with Crippen LogP contribution in [-0.2, 0) is 22.7 Å². The highest BCUT2D eigenvalue weighted by atomic mass is 16.2. The summed E-state index contributed by atoms with van der Waals surface area (Å²) in [6, 6.07) is 7.57. The van der Waals surface area contributed by atoms with E-state index in [0.717, 1.165) is 25.9 Å². The molecule has 1 fully saturated rings. The summed E-state index contributed by atoms with van der Waals surface area (Å²) < 4.78 is 0. The fourth-order valence-electron chi connectivity index (χ4n) is 3.24. The number of amides is 2. The molecule has 118 valence electrons. The van der Waals surface area contributed by atoms with Crippen LogP contribution in [0.25, 0.3) is 0 Å². The molecule has 5 nitrogen and oxygen atoms in total. The van der Waals surface area contributed by atoms with Gasteiger partial charge in [-0.1, -0.05) is 24.3 Å². The van der Waals surface area contributed by atoms with Crippen LogP contribution in [-0.4, -0.2) is 40.7 Å². The smallest absolute Gasteiger partial charge is 0.239 e. The van der Waals surface area contributed by atoms with E-state index >= 15 is 0 Å². The highest BCUT2D eigenvalue weighted by molar-refractivity contribution is 5.83. The second kappa shape index (κ2) is 6.48. The van der Waals surface area contributed by atoms with E-state index in [1.54, 1.807) is 0 Å². The van der Waals surface area contributed by atoms with E-state index in [9.17, 15) is 9.59 Å². The van der Waals surface area contributed by atoms with Crippen LogP contribution in [0.2, 0.25) is 0 Å². The Kier molecular flexibility index (Phi) is 4.43. The van der Waals surface area contributed by atoms with Gasteiger partial charge in [0.25, 0.3) is 0 Å². The SMILES string of the molecule is N[C@@H](CCC(=O)N1Cc2ccccc2C1)C(=O)N1CCCC1. The minimum Gasteiger partial charge on any atom is -0.341 e. The summed E-state index contributed by atoms with van der Waals surface area (Å²) in [5.74, 6) is 0.0795. The lowest BCUT2D eigenvalue weighted by molar-refractivity contribution is -0.133. The number of likely N-dealkylation sites (tertiary alicyclic amines) is 1. The molecule has 2 heterocycles. The van der Waals surface area contributed by atoms with Crippen molar-refractivity contribution < 1.29 is 9.59 Å². The zero-order valence-electron chi connectivity index (χ0n) is 12.8. The van der Waals surface area contributed by atoms with Crippen molar-refractivity contribution in [2.24, 2.45) is 5.73 Å². The van der Waals surface area contributed by atoms with Crippen molar-refractivity contribution in [2.75, 3.05) is 13.1 Å². The molecule has 0 radical (unpaired) electrons. The van der Waals surface area contributed by atoms with E-state index in [4.69, 9.17) is 5.73 Å². The van der Waals surface area contributed by atoms with Crippen LogP contribution < -0.4 is 5.73 Å². The van der Waals surface area contributed by atoms with Crippen molar-refractivity contribution in [1.29, 1.82) is 0 Å². The van der Waals surface area contributed by atoms with Gasteiger partial charge in [0.15, 0.2) is 0 Å². The van der Waals surface area contributed by atoms with Crippen LogP contribution in [0, 0.1) is 0 Å². The van der Waals surface area contributed by atoms with Crippen molar-refractivity contribution >= 4 is 11.8 Å². The predicted octanol–water partition coefficient (Wildman–Crippen LogP) is 1.26. The molecule has 2 N–H and O–H groups in total. The van der Waals surface area contributed by atoms with Crippen LogP contribution in [0.5, 0.6) is 0 Å². The van der Waals surface area contributed by atoms with Gasteiger partial charge in [0.1, 0.15) is 0 Å². The molecule has 3 rings (SSSR count). The first kappa shape index (κ1) is 15.0. The third-order valence-corrected chi connectivity index (χ3v) is 4.60. The predicted molar refractivity (Wildman–Crippen MR) is 83.7 cm³/mol. The number of hydrogen-bond acceptors (Lipinski definition) is 3. The van der Waals surface area contributed by atoms with E-state index in [2.05, 4.69) is 12.1 Å². The number of hydrogen-bond donors (Lipinski definition) is 1. The lowest BCUT2D eigenvalue weighted by Gasteiger charge is -2.21. The van der Waals surface area contributed by atoms with Crippen LogP contribution in [0.15, 0.2) is 24.3 Å². The molecule has 0 saturated carbocycles. The molecule has 1 aromatic rings. The van der Waals surface area contributed by atoms with Gasteiger partial charge >= 0.3 is 0 Å². The first-order chi connectivity index (χ1) is 10.6. The third kappa shape index (κ3) is 3.14. The van der Waals surface area contributed by atoms with Crippen LogP contribution in [0.1, 0.15) is 36.8 Å². The van der Waals surface area contributed by atoms with Gasteiger partial charge in [0, 0.05) is 32.6 Å². The van der Waals surface area contributed by atoms with Crippen molar-refractivity contribution in [2.45, 2.75) is 44.8 Å². The van der Waals surface area contributed by atoms with E-state index < -0.39 is 6.04 Å². The molecular weight excluding hydrogens is 278 g/mol. The second-order valence-electron chi connectivity index (χ2n) is 6.20. The van der Waals surface area contributed by atoms with Gasteiger partial charge in [0.2, 0.25) is 11.8 Å². The Bertz CT molecular complexity index is 542. The lowest BCUT2D eigenvalue weighted by atomic mass is 10.1. The third-order valence-electron chi connectivity index (χ3n) is 4.60. The highest BCUT2D eigenvalue weighted by Gasteiger charge is 2.26. The number of rotatable bonds is 4. The zero-order valence-corrected chi connectivity index (χ0v) is 12.8. The van der Waals surface area contributed by atoms with Gasteiger partial charge in [-0.05, 0) is 30.4 Å². The summed E-state index contributed by atoms with van der Waals surface area (Å²) in [6.45, 7) is 2.96. The molecule has 0 aliphatic carbocycles. The Balaban J connectivity index is 1.48. The summed E-state index contributed by atoms with van der Waals surface area (Å²) in [4.78, 5) is 28.1. The topological polar surface area (TPSA) is 66.6 Å². The Labute approximate surface area is 131 Å². The molecule has 1 saturated heterocycles. The van der Waals surface area contributed by atoms with E-state index in [-0.39, 0.29) is 11.8 Å². The summed E-state index contributed by atoms with van der Waals surface area (Å²) in [7, 11) is 0. The molecule has 2 aliphatic heterocycles. The molecule has 1 aromatic carbocycles. The normalized spacial score (nSPS) is 18.4. The summed E-state index contributed by atoms with van der Waals surface area (Å²) >= 11 is 0. The molecule has 0 spiro atoms. The first-order valence-corrected chi connectivity index (χ1v) is 8.04. The molecular formula is C17H23N3O2. The Morgan fingerprint density at radius 1 is 1.05 bits per heavy atom. The number of nitrogens with zero attached hydrogens (tertiary/aromatic N) is 2. The summed E-state index contributed by atoms with van der Waals surface area (Å²) in [5.41, 5.74) is 8.40. The van der Waals surface area contributed by atoms with E-state index in [1.807, 2.05) is 21.9 Å². The van der Waals surface area contributed by atoms with Gasteiger partial charge in [-0.15, -0.1) is 0 Å². The van der Waals surface area contributed by atoms with Crippen LogP contribution >= 0.6 is 0 Å². The lowest BCUT2D eigenvalue weighted by Crippen LogP contribution is -2.43. The minimum atomic E-state index is -0.549. The number of fused-ring (bicyclic) bond motifs is 1. The minimum absolute atomic E-state index is 0.00462. The van der Waals surface area contributed by atoms with Gasteiger partial charge < -0.3 is 15.5 Å². The van der Waals surface area contributed by atoms with Crippen molar-refractivity contribution in [1.82, 2.24) is 9.80 Å². The van der Waals surface area contributed by atoms with E-state index in [1.165, 1.54) is 11.1 Å². The molecule has 22 heavy (non-hydrogen) atoms. The molecule has 2 aliphatic rings. The summed E-state index contributed by atoms with van der Waals surface area (Å²) in [5, 5.41) is 0. The maximum absolute atomic E-state index is 12.3. The first-order valence-electron chi connectivity index (χ1n) is 8.04. The van der Waals surface area contributed by atoms with Crippen LogP contribution in [0.4, 0.5) is 0 Å². The van der Waals surface area contributed by atoms with Crippen LogP contribution in [0.3, 0.4) is 0 Å². The standard InChI is InChI=1S/C17H23N3O2/c18-15(17(22)19-9-3-4-10-19)7-8-16(21)20-11-13-5-1-2-6-14(13)12-20/h1-2,5-6,15H,3-4,7-12,18H2/t15-/m0/s1. The molecule has 1 atom stereocenters. The van der Waals surface area contributed by atoms with Gasteiger partial charge in [-0.25, -0.2) is 0 Å². The van der Waals surface area contributed by atoms with Crippen molar-refractivity contribution in [3.63, 3.8) is 0 Å². The largest absolute Gasteiger partial charge is 0.341 e. The van der Waals surface area contributed by atoms with Gasteiger partial charge in [-0.3, -0.25) is 9.59 Å². The zero-order chi connectivity index (χ0) is 15.5.